The Bertz CT molecular complexity index is 1380. The van der Waals surface area contributed by atoms with Gasteiger partial charge < -0.3 is 0 Å². The summed E-state index contributed by atoms with van der Waals surface area (Å²) in [7, 11) is 0. The Morgan fingerprint density at radius 3 is 2.24 bits per heavy atom. The van der Waals surface area contributed by atoms with Gasteiger partial charge in [0.2, 0.25) is 0 Å². The van der Waals surface area contributed by atoms with Gasteiger partial charge in [0.05, 0.1) is 0 Å². The molecule has 0 N–H and O–H groups in total. The first-order chi connectivity index (χ1) is 14.2. The number of benzene rings is 3. The van der Waals surface area contributed by atoms with Gasteiger partial charge in [-0.2, -0.15) is 0 Å². The van der Waals surface area contributed by atoms with Crippen LogP contribution in [0.4, 0.5) is 0 Å². The van der Waals surface area contributed by atoms with Gasteiger partial charge >= 0.3 is 0 Å². The van der Waals surface area contributed by atoms with Crippen LogP contribution >= 0.6 is 31.9 Å². The lowest BCUT2D eigenvalue weighted by Crippen LogP contribution is -2.30. The Morgan fingerprint density at radius 2 is 1.48 bits per heavy atom. The maximum Gasteiger partial charge on any atom is 0.0358 e. The van der Waals surface area contributed by atoms with E-state index in [1.165, 1.54) is 49.4 Å². The lowest BCUT2D eigenvalue weighted by Gasteiger charge is -2.28. The van der Waals surface area contributed by atoms with Crippen molar-refractivity contribution in [3.63, 3.8) is 0 Å². The second-order valence-electron chi connectivity index (χ2n) is 7.63. The molecule has 0 saturated heterocycles. The van der Waals surface area contributed by atoms with Crippen molar-refractivity contribution in [2.45, 2.75) is 5.92 Å². The first-order valence-corrected chi connectivity index (χ1v) is 11.3. The zero-order valence-electron chi connectivity index (χ0n) is 15.5. The molecule has 0 radical (unpaired) electrons. The quantitative estimate of drug-likeness (QED) is 0.384. The highest BCUT2D eigenvalue weighted by Crippen LogP contribution is 2.48. The van der Waals surface area contributed by atoms with Crippen molar-refractivity contribution >= 4 is 54.7 Å². The Hall–Kier alpha value is -2.42. The van der Waals surface area contributed by atoms with Crippen LogP contribution in [0.1, 0.15) is 22.6 Å². The highest BCUT2D eigenvalue weighted by molar-refractivity contribution is 9.10. The molecule has 0 bridgehead atoms. The molecule has 1 atom stereocenters. The van der Waals surface area contributed by atoms with Crippen molar-refractivity contribution in [1.82, 2.24) is 0 Å². The summed E-state index contributed by atoms with van der Waals surface area (Å²) in [4.78, 5) is 0. The third kappa shape index (κ3) is 2.63. The van der Waals surface area contributed by atoms with E-state index in [9.17, 15) is 0 Å². The van der Waals surface area contributed by atoms with Crippen LogP contribution in [0.3, 0.4) is 0 Å². The molecule has 0 saturated carbocycles. The number of hydrogen-bond donors (Lipinski definition) is 0. The first-order valence-electron chi connectivity index (χ1n) is 9.70. The normalized spacial score (nSPS) is 18.5. The minimum atomic E-state index is 0.210. The molecule has 3 aromatic carbocycles. The van der Waals surface area contributed by atoms with Crippen LogP contribution in [0.2, 0.25) is 0 Å². The van der Waals surface area contributed by atoms with Crippen LogP contribution in [-0.4, -0.2) is 0 Å². The van der Waals surface area contributed by atoms with Gasteiger partial charge in [-0.15, -0.1) is 0 Å². The summed E-state index contributed by atoms with van der Waals surface area (Å²) in [5, 5.41) is 2.78. The van der Waals surface area contributed by atoms with Gasteiger partial charge in [0.25, 0.3) is 0 Å². The predicted molar refractivity (Wildman–Crippen MR) is 129 cm³/mol. The molecule has 29 heavy (non-hydrogen) atoms. The second-order valence-corrected chi connectivity index (χ2v) is 9.46. The van der Waals surface area contributed by atoms with Crippen LogP contribution in [-0.2, 0) is 0 Å². The molecular formula is C27H16Br2. The van der Waals surface area contributed by atoms with Crippen LogP contribution in [0, 0.1) is 0 Å². The third-order valence-electron chi connectivity index (χ3n) is 6.05. The highest BCUT2D eigenvalue weighted by Gasteiger charge is 2.33. The smallest absolute Gasteiger partial charge is 0.0358 e. The topological polar surface area (TPSA) is 0 Å². The molecule has 3 aliphatic rings. The molecular weight excluding hydrogens is 484 g/mol. The molecule has 138 valence electrons. The van der Waals surface area contributed by atoms with Crippen LogP contribution in [0.25, 0.3) is 22.8 Å². The maximum absolute atomic E-state index is 3.60. The lowest BCUT2D eigenvalue weighted by molar-refractivity contribution is 1.11. The molecule has 0 heterocycles. The Balaban J connectivity index is 1.69. The van der Waals surface area contributed by atoms with Crippen molar-refractivity contribution in [3.05, 3.63) is 127 Å². The molecule has 0 spiro atoms. The molecule has 0 fully saturated rings. The lowest BCUT2D eigenvalue weighted by atomic mass is 9.75. The number of fused-ring (bicyclic) bond motifs is 2. The minimum Gasteiger partial charge on any atom is -0.0610 e. The molecule has 2 heteroatoms. The van der Waals surface area contributed by atoms with Crippen LogP contribution in [0.15, 0.2) is 99.5 Å². The maximum atomic E-state index is 3.60. The van der Waals surface area contributed by atoms with E-state index in [1.54, 1.807) is 0 Å². The van der Waals surface area contributed by atoms with Gasteiger partial charge in [0, 0.05) is 14.9 Å². The van der Waals surface area contributed by atoms with Gasteiger partial charge in [-0.25, -0.2) is 0 Å². The summed E-state index contributed by atoms with van der Waals surface area (Å²) >= 11 is 7.18. The zero-order chi connectivity index (χ0) is 19.5. The van der Waals surface area contributed by atoms with E-state index in [1.807, 2.05) is 0 Å². The second kappa shape index (κ2) is 6.55. The van der Waals surface area contributed by atoms with Crippen molar-refractivity contribution in [3.8, 4) is 0 Å². The molecule has 3 aliphatic carbocycles. The number of hydrogen-bond acceptors (Lipinski definition) is 0. The standard InChI is InChI=1S/C27H16Br2/c28-19-11-7-16(8-12-19)24-15-18-3-1-5-22-21-4-2-6-23(21)27(26(18)22)25(24)17-9-13-20(29)14-10-17/h1-15,25H. The van der Waals surface area contributed by atoms with E-state index in [2.05, 4.69) is 123 Å². The fourth-order valence-corrected chi connectivity index (χ4v) is 5.37. The van der Waals surface area contributed by atoms with Gasteiger partial charge in [-0.1, -0.05) is 92.6 Å². The molecule has 6 rings (SSSR count). The summed E-state index contributed by atoms with van der Waals surface area (Å²) in [6.07, 6.45) is 9.12. The summed E-state index contributed by atoms with van der Waals surface area (Å²) in [5.41, 5.74) is 9.45. The Morgan fingerprint density at radius 1 is 0.759 bits per heavy atom. The van der Waals surface area contributed by atoms with E-state index in [0.717, 1.165) is 8.95 Å². The summed E-state index contributed by atoms with van der Waals surface area (Å²) in [6.45, 7) is 0. The summed E-state index contributed by atoms with van der Waals surface area (Å²) < 4.78 is 2.21. The average molecular weight is 500 g/mol. The van der Waals surface area contributed by atoms with E-state index in [-0.39, 0.29) is 5.92 Å². The van der Waals surface area contributed by atoms with Gasteiger partial charge in [0.15, 0.2) is 0 Å². The van der Waals surface area contributed by atoms with Crippen LogP contribution < -0.4 is 10.4 Å². The van der Waals surface area contributed by atoms with Gasteiger partial charge in [0.1, 0.15) is 0 Å². The number of halogens is 2. The monoisotopic (exact) mass is 498 g/mol. The van der Waals surface area contributed by atoms with Gasteiger partial charge in [-0.05, 0) is 79.8 Å². The third-order valence-corrected chi connectivity index (χ3v) is 7.11. The largest absolute Gasteiger partial charge is 0.0610 e. The van der Waals surface area contributed by atoms with Crippen molar-refractivity contribution < 1.29 is 0 Å². The van der Waals surface area contributed by atoms with Crippen molar-refractivity contribution in [1.29, 1.82) is 0 Å². The van der Waals surface area contributed by atoms with Crippen LogP contribution in [0.5, 0.6) is 0 Å². The molecule has 0 nitrogen and oxygen atoms in total. The number of rotatable bonds is 2. The SMILES string of the molecule is Brc1ccc(C2=Cc3cccc4c3=C(C3=CC=CC=43)C2c2ccc(Br)cc2)cc1. The fourth-order valence-electron chi connectivity index (χ4n) is 4.84. The average Bonchev–Trinajstić information content (AvgIpc) is 3.33. The van der Waals surface area contributed by atoms with E-state index < -0.39 is 0 Å². The Kier molecular flexibility index (Phi) is 3.94. The van der Waals surface area contributed by atoms with E-state index in [0.29, 0.717) is 0 Å². The summed E-state index contributed by atoms with van der Waals surface area (Å²) in [6, 6.07) is 24.2. The predicted octanol–water partition coefficient (Wildman–Crippen LogP) is 6.36. The highest BCUT2D eigenvalue weighted by atomic mass is 79.9. The first kappa shape index (κ1) is 17.4. The minimum absolute atomic E-state index is 0.210. The van der Waals surface area contributed by atoms with Gasteiger partial charge in [-0.3, -0.25) is 0 Å². The van der Waals surface area contributed by atoms with Crippen molar-refractivity contribution in [2.75, 3.05) is 0 Å². The molecule has 3 aromatic rings. The Labute approximate surface area is 186 Å². The number of allylic oxidation sites excluding steroid dienone is 5. The summed E-state index contributed by atoms with van der Waals surface area (Å²) in [5.74, 6) is 0.210. The molecule has 0 aliphatic heterocycles. The fraction of sp³-hybridized carbons (Fsp3) is 0.0370. The van der Waals surface area contributed by atoms with E-state index >= 15 is 0 Å². The van der Waals surface area contributed by atoms with Crippen molar-refractivity contribution in [2.24, 2.45) is 0 Å². The molecule has 1 unspecified atom stereocenters. The zero-order valence-corrected chi connectivity index (χ0v) is 18.7. The molecule has 0 aromatic heterocycles. The molecule has 0 amide bonds. The van der Waals surface area contributed by atoms with E-state index in [4.69, 9.17) is 0 Å².